The van der Waals surface area contributed by atoms with Crippen molar-refractivity contribution in [2.75, 3.05) is 5.32 Å². The van der Waals surface area contributed by atoms with Gasteiger partial charge in [-0.1, -0.05) is 39.0 Å². The molecule has 2 aromatic rings. The van der Waals surface area contributed by atoms with Crippen LogP contribution >= 0.6 is 0 Å². The number of benzene rings is 1. The number of amides is 1. The number of rotatable bonds is 2. The zero-order valence-electron chi connectivity index (χ0n) is 12.0. The van der Waals surface area contributed by atoms with Crippen LogP contribution in [0.15, 0.2) is 33.9 Å². The van der Waals surface area contributed by atoms with Crippen molar-refractivity contribution in [2.45, 2.75) is 26.2 Å². The second-order valence-electron chi connectivity index (χ2n) is 5.61. The quantitative estimate of drug-likeness (QED) is 0.766. The lowest BCUT2D eigenvalue weighted by Crippen LogP contribution is -2.32. The summed E-state index contributed by atoms with van der Waals surface area (Å²) in [5, 5.41) is 8.15. The van der Waals surface area contributed by atoms with E-state index in [1.165, 1.54) is 0 Å². The summed E-state index contributed by atoms with van der Waals surface area (Å²) in [5.74, 6) is -0.677. The average molecular weight is 288 g/mol. The Labute approximate surface area is 120 Å². The third kappa shape index (κ3) is 3.25. The van der Waals surface area contributed by atoms with Gasteiger partial charge in [0, 0.05) is 5.69 Å². The SMILES string of the molecule is CC(C)(C)c1ccccc1NC(=O)c1n[nH]c(=O)[nH]c1=O. The summed E-state index contributed by atoms with van der Waals surface area (Å²) in [4.78, 5) is 36.5. The summed E-state index contributed by atoms with van der Waals surface area (Å²) in [7, 11) is 0. The number of para-hydroxylation sites is 1. The maximum atomic E-state index is 12.1. The average Bonchev–Trinajstić information content (AvgIpc) is 2.37. The van der Waals surface area contributed by atoms with Crippen molar-refractivity contribution in [3.05, 3.63) is 56.4 Å². The fraction of sp³-hybridized carbons (Fsp3) is 0.286. The van der Waals surface area contributed by atoms with E-state index in [4.69, 9.17) is 0 Å². The smallest absolute Gasteiger partial charge is 0.320 e. The molecule has 0 aliphatic rings. The molecule has 0 radical (unpaired) electrons. The molecule has 110 valence electrons. The van der Waals surface area contributed by atoms with E-state index in [1.54, 1.807) is 12.1 Å². The Balaban J connectivity index is 2.37. The fourth-order valence-electron chi connectivity index (χ4n) is 1.93. The molecule has 1 aromatic heterocycles. The molecular weight excluding hydrogens is 272 g/mol. The molecule has 0 saturated carbocycles. The molecular formula is C14H16N4O3. The van der Waals surface area contributed by atoms with Crippen molar-refractivity contribution in [3.8, 4) is 0 Å². The minimum atomic E-state index is -0.829. The Morgan fingerprint density at radius 2 is 1.86 bits per heavy atom. The van der Waals surface area contributed by atoms with Crippen molar-refractivity contribution in [1.29, 1.82) is 0 Å². The molecule has 2 rings (SSSR count). The lowest BCUT2D eigenvalue weighted by atomic mass is 9.86. The van der Waals surface area contributed by atoms with Crippen LogP contribution in [0.1, 0.15) is 36.8 Å². The number of hydrogen-bond donors (Lipinski definition) is 3. The van der Waals surface area contributed by atoms with Crippen LogP contribution in [0, 0.1) is 0 Å². The number of carbonyl (C=O) groups is 1. The van der Waals surface area contributed by atoms with Crippen LogP contribution in [0.2, 0.25) is 0 Å². The minimum absolute atomic E-state index is 0.172. The molecule has 0 aliphatic heterocycles. The van der Waals surface area contributed by atoms with Gasteiger partial charge in [0.15, 0.2) is 0 Å². The Morgan fingerprint density at radius 3 is 2.48 bits per heavy atom. The topological polar surface area (TPSA) is 108 Å². The van der Waals surface area contributed by atoms with Crippen LogP contribution < -0.4 is 16.6 Å². The normalized spacial score (nSPS) is 11.2. The first-order valence-electron chi connectivity index (χ1n) is 6.39. The summed E-state index contributed by atoms with van der Waals surface area (Å²) < 4.78 is 0. The largest absolute Gasteiger partial charge is 0.342 e. The van der Waals surface area contributed by atoms with E-state index in [-0.39, 0.29) is 5.41 Å². The first-order valence-corrected chi connectivity index (χ1v) is 6.39. The van der Waals surface area contributed by atoms with Gasteiger partial charge in [-0.25, -0.2) is 9.89 Å². The highest BCUT2D eigenvalue weighted by Crippen LogP contribution is 2.29. The first kappa shape index (κ1) is 14.7. The highest BCUT2D eigenvalue weighted by atomic mass is 16.2. The van der Waals surface area contributed by atoms with Gasteiger partial charge in [-0.05, 0) is 17.0 Å². The number of nitrogens with one attached hydrogen (secondary N) is 3. The van der Waals surface area contributed by atoms with Crippen molar-refractivity contribution < 1.29 is 4.79 Å². The monoisotopic (exact) mass is 288 g/mol. The van der Waals surface area contributed by atoms with Crippen LogP contribution in [0.5, 0.6) is 0 Å². The van der Waals surface area contributed by atoms with Crippen molar-refractivity contribution in [2.24, 2.45) is 0 Å². The minimum Gasteiger partial charge on any atom is -0.320 e. The van der Waals surface area contributed by atoms with E-state index in [0.29, 0.717) is 5.69 Å². The maximum absolute atomic E-state index is 12.1. The molecule has 7 nitrogen and oxygen atoms in total. The van der Waals surface area contributed by atoms with Crippen LogP contribution in [0.25, 0.3) is 0 Å². The van der Waals surface area contributed by atoms with Crippen LogP contribution in [0.3, 0.4) is 0 Å². The maximum Gasteiger partial charge on any atom is 0.342 e. The summed E-state index contributed by atoms with van der Waals surface area (Å²) >= 11 is 0. The van der Waals surface area contributed by atoms with E-state index in [2.05, 4.69) is 10.4 Å². The highest BCUT2D eigenvalue weighted by molar-refractivity contribution is 6.03. The molecule has 7 heteroatoms. The number of anilines is 1. The van der Waals surface area contributed by atoms with Gasteiger partial charge in [0.2, 0.25) is 5.69 Å². The standard InChI is InChI=1S/C14H16N4O3/c1-14(2,3)8-6-4-5-7-9(8)15-11(19)10-12(20)16-13(21)18-17-10/h4-7H,1-3H3,(H,15,19)(H2,16,18,20,21). The summed E-state index contributed by atoms with van der Waals surface area (Å²) in [6.45, 7) is 6.05. The van der Waals surface area contributed by atoms with E-state index in [0.717, 1.165) is 5.56 Å². The second-order valence-corrected chi connectivity index (χ2v) is 5.61. The second kappa shape index (κ2) is 5.35. The molecule has 0 saturated heterocycles. The van der Waals surface area contributed by atoms with Crippen molar-refractivity contribution >= 4 is 11.6 Å². The van der Waals surface area contributed by atoms with Crippen molar-refractivity contribution in [3.63, 3.8) is 0 Å². The lowest BCUT2D eigenvalue weighted by Gasteiger charge is -2.22. The van der Waals surface area contributed by atoms with Gasteiger partial charge in [-0.2, -0.15) is 5.10 Å². The number of nitrogens with zero attached hydrogens (tertiary/aromatic N) is 1. The Hall–Kier alpha value is -2.70. The molecule has 0 fully saturated rings. The summed E-state index contributed by atoms with van der Waals surface area (Å²) in [5.41, 5.74) is -0.620. The summed E-state index contributed by atoms with van der Waals surface area (Å²) in [6.07, 6.45) is 0. The van der Waals surface area contributed by atoms with Gasteiger partial charge in [-0.3, -0.25) is 14.6 Å². The zero-order chi connectivity index (χ0) is 15.6. The third-order valence-electron chi connectivity index (χ3n) is 2.91. The Bertz CT molecular complexity index is 784. The number of H-pyrrole nitrogens is 2. The molecule has 21 heavy (non-hydrogen) atoms. The predicted molar refractivity (Wildman–Crippen MR) is 78.6 cm³/mol. The van der Waals surface area contributed by atoms with Gasteiger partial charge < -0.3 is 5.32 Å². The van der Waals surface area contributed by atoms with Crippen molar-refractivity contribution in [1.82, 2.24) is 15.2 Å². The Kier molecular flexibility index (Phi) is 3.75. The molecule has 0 bridgehead atoms. The van der Waals surface area contributed by atoms with Crippen LogP contribution in [-0.2, 0) is 5.41 Å². The number of hydrogen-bond acceptors (Lipinski definition) is 4. The number of aromatic amines is 2. The van der Waals surface area contributed by atoms with Gasteiger partial charge in [-0.15, -0.1) is 0 Å². The van der Waals surface area contributed by atoms with E-state index in [9.17, 15) is 14.4 Å². The molecule has 0 aliphatic carbocycles. The molecule has 3 N–H and O–H groups in total. The van der Waals surface area contributed by atoms with Crippen LogP contribution in [0.4, 0.5) is 5.69 Å². The molecule has 0 spiro atoms. The highest BCUT2D eigenvalue weighted by Gasteiger charge is 2.20. The lowest BCUT2D eigenvalue weighted by molar-refractivity contribution is 0.101. The van der Waals surface area contributed by atoms with E-state index < -0.39 is 22.9 Å². The van der Waals surface area contributed by atoms with Gasteiger partial charge in [0.25, 0.3) is 11.5 Å². The van der Waals surface area contributed by atoms with E-state index >= 15 is 0 Å². The van der Waals surface area contributed by atoms with Gasteiger partial charge >= 0.3 is 5.69 Å². The molecule has 1 aromatic carbocycles. The zero-order valence-corrected chi connectivity index (χ0v) is 12.0. The first-order chi connectivity index (χ1) is 9.79. The Morgan fingerprint density at radius 1 is 1.19 bits per heavy atom. The van der Waals surface area contributed by atoms with Gasteiger partial charge in [0.05, 0.1) is 0 Å². The van der Waals surface area contributed by atoms with E-state index in [1.807, 2.05) is 43.0 Å². The molecule has 1 amide bonds. The summed E-state index contributed by atoms with van der Waals surface area (Å²) in [6, 6.07) is 7.31. The van der Waals surface area contributed by atoms with Gasteiger partial charge in [0.1, 0.15) is 0 Å². The number of carbonyl (C=O) groups excluding carboxylic acids is 1. The third-order valence-corrected chi connectivity index (χ3v) is 2.91. The van der Waals surface area contributed by atoms with Crippen LogP contribution in [-0.4, -0.2) is 21.1 Å². The fourth-order valence-corrected chi connectivity index (χ4v) is 1.93. The predicted octanol–water partition coefficient (Wildman–Crippen LogP) is 1.01. The molecule has 1 heterocycles. The molecule has 0 unspecified atom stereocenters. The molecule has 0 atom stereocenters. The number of aromatic nitrogens is 3.